The topological polar surface area (TPSA) is 80.1 Å². The van der Waals surface area contributed by atoms with E-state index in [0.29, 0.717) is 30.9 Å². The molecule has 1 fully saturated rings. The molecule has 1 N–H and O–H groups in total. The van der Waals surface area contributed by atoms with Crippen LogP contribution in [0.1, 0.15) is 55.9 Å². The van der Waals surface area contributed by atoms with Gasteiger partial charge in [0.05, 0.1) is 28.1 Å². The predicted molar refractivity (Wildman–Crippen MR) is 136 cm³/mol. The molecule has 0 unspecified atom stereocenters. The van der Waals surface area contributed by atoms with Crippen LogP contribution in [-0.4, -0.2) is 44.6 Å². The van der Waals surface area contributed by atoms with Gasteiger partial charge in [-0.3, -0.25) is 9.59 Å². The van der Waals surface area contributed by atoms with Crippen molar-refractivity contribution in [3.05, 3.63) is 99.5 Å². The molecule has 36 heavy (non-hydrogen) atoms. The monoisotopic (exact) mass is 503 g/mol. The number of nitrogens with one attached hydrogen (secondary N) is 1. The van der Waals surface area contributed by atoms with E-state index >= 15 is 0 Å². The van der Waals surface area contributed by atoms with Crippen molar-refractivity contribution in [3.63, 3.8) is 0 Å². The van der Waals surface area contributed by atoms with E-state index in [2.05, 4.69) is 15.4 Å². The number of thiazole rings is 1. The number of aromatic nitrogens is 3. The lowest BCUT2D eigenvalue weighted by molar-refractivity contribution is 0.0712. The maximum atomic E-state index is 13.2. The molecule has 0 saturated carbocycles. The van der Waals surface area contributed by atoms with Crippen LogP contribution in [0.4, 0.5) is 4.39 Å². The van der Waals surface area contributed by atoms with Crippen LogP contribution in [0.3, 0.4) is 0 Å². The van der Waals surface area contributed by atoms with Crippen LogP contribution >= 0.6 is 11.3 Å². The normalized spacial score (nSPS) is 14.1. The lowest BCUT2D eigenvalue weighted by atomic mass is 9.97. The van der Waals surface area contributed by atoms with E-state index in [4.69, 9.17) is 0 Å². The maximum absolute atomic E-state index is 13.2. The van der Waals surface area contributed by atoms with Crippen molar-refractivity contribution in [1.82, 2.24) is 25.0 Å². The molecule has 0 radical (unpaired) electrons. The first-order valence-corrected chi connectivity index (χ1v) is 12.7. The molecule has 2 amide bonds. The highest BCUT2D eigenvalue weighted by Crippen LogP contribution is 2.31. The van der Waals surface area contributed by atoms with Crippen molar-refractivity contribution in [2.75, 3.05) is 13.1 Å². The Morgan fingerprint density at radius 1 is 1.08 bits per heavy atom. The lowest BCUT2D eigenvalue weighted by Gasteiger charge is -2.31. The third-order valence-corrected chi connectivity index (χ3v) is 7.50. The van der Waals surface area contributed by atoms with Crippen molar-refractivity contribution >= 4 is 23.2 Å². The minimum Gasteiger partial charge on any atom is -0.347 e. The molecule has 1 saturated heterocycles. The summed E-state index contributed by atoms with van der Waals surface area (Å²) in [4.78, 5) is 32.2. The minimum absolute atomic E-state index is 0.00636. The molecule has 5 rings (SSSR count). The molecular formula is C27H26FN5O2S. The molecule has 0 bridgehead atoms. The van der Waals surface area contributed by atoms with Crippen LogP contribution in [0.15, 0.2) is 66.2 Å². The SMILES string of the molecule is Cc1c(C(=O)N2CCC(c3nc(C(=O)NCc4ccc(F)cc4)cs3)CC2)cnn1-c1ccccc1. The van der Waals surface area contributed by atoms with Gasteiger partial charge in [0.25, 0.3) is 11.8 Å². The average molecular weight is 504 g/mol. The zero-order valence-electron chi connectivity index (χ0n) is 19.9. The summed E-state index contributed by atoms with van der Waals surface area (Å²) in [6.45, 7) is 3.49. The Morgan fingerprint density at radius 3 is 2.53 bits per heavy atom. The quantitative estimate of drug-likeness (QED) is 0.413. The summed E-state index contributed by atoms with van der Waals surface area (Å²) >= 11 is 1.48. The molecule has 4 aromatic rings. The van der Waals surface area contributed by atoms with Crippen molar-refractivity contribution < 1.29 is 14.0 Å². The summed E-state index contributed by atoms with van der Waals surface area (Å²) in [6, 6.07) is 15.8. The number of piperidine rings is 1. The summed E-state index contributed by atoms with van der Waals surface area (Å²) in [7, 11) is 0. The Morgan fingerprint density at radius 2 is 1.81 bits per heavy atom. The molecule has 2 aromatic carbocycles. The first-order chi connectivity index (χ1) is 17.5. The standard InChI is InChI=1S/C27H26FN5O2S/c1-18-23(16-30-33(18)22-5-3-2-4-6-22)27(35)32-13-11-20(12-14-32)26-31-24(17-36-26)25(34)29-15-19-7-9-21(28)10-8-19/h2-10,16-17,20H,11-15H2,1H3,(H,29,34). The number of hydrogen-bond donors (Lipinski definition) is 1. The molecule has 2 aromatic heterocycles. The van der Waals surface area contributed by atoms with Crippen molar-refractivity contribution in [3.8, 4) is 5.69 Å². The fraction of sp³-hybridized carbons (Fsp3) is 0.259. The Balaban J connectivity index is 1.17. The second-order valence-corrected chi connectivity index (χ2v) is 9.73. The zero-order chi connectivity index (χ0) is 25.1. The van der Waals surface area contributed by atoms with Crippen LogP contribution in [0.5, 0.6) is 0 Å². The minimum atomic E-state index is -0.306. The van der Waals surface area contributed by atoms with Gasteiger partial charge in [0, 0.05) is 30.9 Å². The average Bonchev–Trinajstić information content (AvgIpc) is 3.56. The highest BCUT2D eigenvalue weighted by atomic mass is 32.1. The van der Waals surface area contributed by atoms with Gasteiger partial charge < -0.3 is 10.2 Å². The van der Waals surface area contributed by atoms with Gasteiger partial charge in [-0.1, -0.05) is 30.3 Å². The number of hydrogen-bond acceptors (Lipinski definition) is 5. The molecular weight excluding hydrogens is 477 g/mol. The molecule has 3 heterocycles. The van der Waals surface area contributed by atoms with Crippen molar-refractivity contribution in [2.24, 2.45) is 0 Å². The molecule has 0 aliphatic carbocycles. The fourth-order valence-corrected chi connectivity index (χ4v) is 5.37. The number of amides is 2. The Kier molecular flexibility index (Phi) is 6.90. The smallest absolute Gasteiger partial charge is 0.271 e. The second kappa shape index (κ2) is 10.4. The number of para-hydroxylation sites is 1. The zero-order valence-corrected chi connectivity index (χ0v) is 20.7. The molecule has 184 valence electrons. The first kappa shape index (κ1) is 23.9. The fourth-order valence-electron chi connectivity index (χ4n) is 4.40. The van der Waals surface area contributed by atoms with E-state index in [1.807, 2.05) is 42.2 Å². The highest BCUT2D eigenvalue weighted by Gasteiger charge is 2.28. The van der Waals surface area contributed by atoms with Crippen molar-refractivity contribution in [1.29, 1.82) is 0 Å². The van der Waals surface area contributed by atoms with Crippen molar-refractivity contribution in [2.45, 2.75) is 32.2 Å². The van der Waals surface area contributed by atoms with Gasteiger partial charge in [0.15, 0.2) is 0 Å². The maximum Gasteiger partial charge on any atom is 0.271 e. The van der Waals surface area contributed by atoms with Crippen LogP contribution < -0.4 is 5.32 Å². The summed E-state index contributed by atoms with van der Waals surface area (Å²) in [5.41, 5.74) is 3.58. The van der Waals surface area contributed by atoms with E-state index in [1.54, 1.807) is 28.4 Å². The number of nitrogens with zero attached hydrogens (tertiary/aromatic N) is 4. The number of likely N-dealkylation sites (tertiary alicyclic amines) is 1. The summed E-state index contributed by atoms with van der Waals surface area (Å²) in [6.07, 6.45) is 3.23. The van der Waals surface area contributed by atoms with E-state index in [9.17, 15) is 14.0 Å². The van der Waals surface area contributed by atoms with Gasteiger partial charge in [-0.15, -0.1) is 11.3 Å². The number of halogens is 1. The number of rotatable bonds is 6. The molecule has 1 aliphatic rings. The van der Waals surface area contributed by atoms with Crippen LogP contribution in [0, 0.1) is 12.7 Å². The molecule has 9 heteroatoms. The van der Waals surface area contributed by atoms with E-state index in [-0.39, 0.29) is 23.5 Å². The number of carbonyl (C=O) groups excluding carboxylic acids is 2. The van der Waals surface area contributed by atoms with E-state index in [0.717, 1.165) is 34.8 Å². The Bertz CT molecular complexity index is 1360. The van der Waals surface area contributed by atoms with Crippen LogP contribution in [0.25, 0.3) is 5.69 Å². The Hall–Kier alpha value is -3.85. The number of carbonyl (C=O) groups is 2. The number of benzene rings is 2. The van der Waals surface area contributed by atoms with Gasteiger partial charge in [-0.05, 0) is 49.6 Å². The lowest BCUT2D eigenvalue weighted by Crippen LogP contribution is -2.38. The summed E-state index contributed by atoms with van der Waals surface area (Å²) < 4.78 is 14.8. The third kappa shape index (κ3) is 5.06. The molecule has 7 nitrogen and oxygen atoms in total. The van der Waals surface area contributed by atoms with Gasteiger partial charge >= 0.3 is 0 Å². The van der Waals surface area contributed by atoms with E-state index in [1.165, 1.54) is 23.5 Å². The van der Waals surface area contributed by atoms with Gasteiger partial charge in [-0.25, -0.2) is 14.1 Å². The highest BCUT2D eigenvalue weighted by molar-refractivity contribution is 7.09. The first-order valence-electron chi connectivity index (χ1n) is 11.9. The third-order valence-electron chi connectivity index (χ3n) is 6.49. The van der Waals surface area contributed by atoms with Crippen LogP contribution in [-0.2, 0) is 6.54 Å². The summed E-state index contributed by atoms with van der Waals surface area (Å²) in [5.74, 6) is -0.348. The van der Waals surface area contributed by atoms with E-state index < -0.39 is 0 Å². The molecule has 0 atom stereocenters. The molecule has 1 aliphatic heterocycles. The summed E-state index contributed by atoms with van der Waals surface area (Å²) in [5, 5.41) is 9.95. The van der Waals surface area contributed by atoms with Gasteiger partial charge in [0.1, 0.15) is 11.5 Å². The molecule has 0 spiro atoms. The largest absolute Gasteiger partial charge is 0.347 e. The van der Waals surface area contributed by atoms with Gasteiger partial charge in [0.2, 0.25) is 0 Å². The van der Waals surface area contributed by atoms with Crippen LogP contribution in [0.2, 0.25) is 0 Å². The second-order valence-electron chi connectivity index (χ2n) is 8.84. The predicted octanol–water partition coefficient (Wildman–Crippen LogP) is 4.73. The Labute approximate surface area is 212 Å². The van der Waals surface area contributed by atoms with Gasteiger partial charge in [-0.2, -0.15) is 5.10 Å².